The van der Waals surface area contributed by atoms with E-state index in [1.165, 1.54) is 36.0 Å². The Hall–Kier alpha value is -3.33. The van der Waals surface area contributed by atoms with Gasteiger partial charge in [0.05, 0.1) is 18.4 Å². The minimum atomic E-state index is -0.372. The van der Waals surface area contributed by atoms with Crippen molar-refractivity contribution in [3.8, 4) is 5.75 Å². The molecule has 0 atom stereocenters. The van der Waals surface area contributed by atoms with Crippen molar-refractivity contribution in [3.05, 3.63) is 58.6 Å². The number of carbonyl (C=O) groups is 1. The Morgan fingerprint density at radius 1 is 1.23 bits per heavy atom. The molecule has 7 nitrogen and oxygen atoms in total. The maximum absolute atomic E-state index is 13.2. The number of hydrogen-bond acceptors (Lipinski definition) is 5. The number of amides is 1. The Labute approximate surface area is 181 Å². The zero-order chi connectivity index (χ0) is 22.1. The number of benzene rings is 2. The van der Waals surface area contributed by atoms with E-state index in [4.69, 9.17) is 9.72 Å². The number of rotatable bonds is 6. The topological polar surface area (TPSA) is 78.2 Å². The molecule has 0 aliphatic heterocycles. The summed E-state index contributed by atoms with van der Waals surface area (Å²) in [7, 11) is 3.42. The number of aryl methyl sites for hydroxylation is 1. The van der Waals surface area contributed by atoms with Gasteiger partial charge in [-0.05, 0) is 49.4 Å². The van der Waals surface area contributed by atoms with Crippen molar-refractivity contribution in [2.45, 2.75) is 18.6 Å². The zero-order valence-electron chi connectivity index (χ0n) is 17.3. The van der Waals surface area contributed by atoms with Gasteiger partial charge in [-0.25, -0.2) is 9.37 Å². The van der Waals surface area contributed by atoms with Crippen LogP contribution in [0.2, 0.25) is 0 Å². The molecule has 0 bridgehead atoms. The summed E-state index contributed by atoms with van der Waals surface area (Å²) in [5.74, 6) is 0.0924. The Bertz CT molecular complexity index is 1350. The van der Waals surface area contributed by atoms with Gasteiger partial charge in [-0.3, -0.25) is 14.2 Å². The van der Waals surface area contributed by atoms with Gasteiger partial charge in [-0.2, -0.15) is 0 Å². The molecule has 0 saturated heterocycles. The van der Waals surface area contributed by atoms with Crippen molar-refractivity contribution in [1.82, 2.24) is 14.1 Å². The first-order chi connectivity index (χ1) is 14.9. The Morgan fingerprint density at radius 3 is 2.65 bits per heavy atom. The molecule has 9 heteroatoms. The van der Waals surface area contributed by atoms with E-state index in [0.717, 1.165) is 10.9 Å². The number of ether oxygens (including phenoxy) is 1. The monoisotopic (exact) mass is 440 g/mol. The molecule has 0 fully saturated rings. The molecule has 2 aromatic carbocycles. The van der Waals surface area contributed by atoms with Crippen LogP contribution < -0.4 is 15.6 Å². The number of aromatic nitrogens is 3. The summed E-state index contributed by atoms with van der Waals surface area (Å²) in [6.07, 6.45) is 0. The quantitative estimate of drug-likeness (QED) is 0.365. The van der Waals surface area contributed by atoms with Gasteiger partial charge >= 0.3 is 0 Å². The molecule has 0 spiro atoms. The lowest BCUT2D eigenvalue weighted by atomic mass is 10.2. The molecule has 1 amide bonds. The summed E-state index contributed by atoms with van der Waals surface area (Å²) >= 11 is 1.18. The number of hydrogen-bond donors (Lipinski definition) is 1. The smallest absolute Gasteiger partial charge is 0.278 e. The third kappa shape index (κ3) is 3.88. The van der Waals surface area contributed by atoms with Crippen molar-refractivity contribution in [3.63, 3.8) is 0 Å². The second-order valence-corrected chi connectivity index (χ2v) is 7.87. The lowest BCUT2D eigenvalue weighted by Crippen LogP contribution is -2.24. The maximum Gasteiger partial charge on any atom is 0.278 e. The molecule has 0 saturated carbocycles. The van der Waals surface area contributed by atoms with E-state index in [-0.39, 0.29) is 23.0 Å². The molecule has 2 aromatic heterocycles. The molecule has 2 heterocycles. The molecule has 0 aliphatic rings. The van der Waals surface area contributed by atoms with Crippen molar-refractivity contribution in [2.75, 3.05) is 18.2 Å². The van der Waals surface area contributed by atoms with Crippen LogP contribution in [0, 0.1) is 5.82 Å². The van der Waals surface area contributed by atoms with E-state index in [2.05, 4.69) is 5.32 Å². The molecule has 0 radical (unpaired) electrons. The van der Waals surface area contributed by atoms with E-state index in [0.29, 0.717) is 34.2 Å². The van der Waals surface area contributed by atoms with E-state index >= 15 is 0 Å². The lowest BCUT2D eigenvalue weighted by Gasteiger charge is -2.11. The SMILES string of the molecule is CCn1c(SCC(=O)Nc2ccc(F)cc2)nc2c3cc(OC)ccc3n(C)c2c1=O. The number of anilines is 1. The highest BCUT2D eigenvalue weighted by Gasteiger charge is 2.19. The number of thioether (sulfide) groups is 1. The van der Waals surface area contributed by atoms with E-state index < -0.39 is 0 Å². The molecule has 0 unspecified atom stereocenters. The van der Waals surface area contributed by atoms with Gasteiger partial charge in [0.1, 0.15) is 22.6 Å². The predicted molar refractivity (Wildman–Crippen MR) is 120 cm³/mol. The summed E-state index contributed by atoms with van der Waals surface area (Å²) in [4.78, 5) is 30.3. The van der Waals surface area contributed by atoms with Crippen molar-refractivity contribution < 1.29 is 13.9 Å². The second kappa shape index (κ2) is 8.43. The number of fused-ring (bicyclic) bond motifs is 3. The molecule has 160 valence electrons. The van der Waals surface area contributed by atoms with E-state index in [9.17, 15) is 14.0 Å². The van der Waals surface area contributed by atoms with Crippen LogP contribution in [-0.2, 0) is 18.4 Å². The summed E-state index contributed by atoms with van der Waals surface area (Å²) in [5, 5.41) is 3.99. The summed E-state index contributed by atoms with van der Waals surface area (Å²) in [6.45, 7) is 2.29. The van der Waals surface area contributed by atoms with Gasteiger partial charge in [-0.1, -0.05) is 11.8 Å². The van der Waals surface area contributed by atoms with Gasteiger partial charge in [0, 0.05) is 24.7 Å². The molecule has 4 rings (SSSR count). The van der Waals surface area contributed by atoms with Crippen molar-refractivity contribution >= 4 is 45.3 Å². The molecule has 31 heavy (non-hydrogen) atoms. The highest BCUT2D eigenvalue weighted by molar-refractivity contribution is 7.99. The van der Waals surface area contributed by atoms with Gasteiger partial charge < -0.3 is 14.6 Å². The first-order valence-electron chi connectivity index (χ1n) is 9.68. The normalized spacial score (nSPS) is 11.2. The highest BCUT2D eigenvalue weighted by Crippen LogP contribution is 2.30. The summed E-state index contributed by atoms with van der Waals surface area (Å²) in [5.41, 5.74) is 2.30. The number of carbonyl (C=O) groups excluding carboxylic acids is 1. The minimum absolute atomic E-state index is 0.0589. The van der Waals surface area contributed by atoms with Crippen LogP contribution in [0.15, 0.2) is 52.4 Å². The van der Waals surface area contributed by atoms with Gasteiger partial charge in [0.25, 0.3) is 5.56 Å². The molecular weight excluding hydrogens is 419 g/mol. The molecule has 1 N–H and O–H groups in total. The first kappa shape index (κ1) is 20.9. The van der Waals surface area contributed by atoms with Crippen molar-refractivity contribution in [2.24, 2.45) is 7.05 Å². The fourth-order valence-corrected chi connectivity index (χ4v) is 4.37. The van der Waals surface area contributed by atoms with Crippen LogP contribution in [0.3, 0.4) is 0 Å². The number of halogens is 1. The van der Waals surface area contributed by atoms with Crippen LogP contribution in [0.1, 0.15) is 6.92 Å². The Kier molecular flexibility index (Phi) is 5.69. The van der Waals surface area contributed by atoms with E-state index in [1.54, 1.807) is 11.7 Å². The highest BCUT2D eigenvalue weighted by atomic mass is 32.2. The van der Waals surface area contributed by atoms with Gasteiger partial charge in [0.2, 0.25) is 5.91 Å². The summed E-state index contributed by atoms with van der Waals surface area (Å²) < 4.78 is 21.8. The van der Waals surface area contributed by atoms with Crippen LogP contribution in [0.5, 0.6) is 5.75 Å². The maximum atomic E-state index is 13.2. The fraction of sp³-hybridized carbons (Fsp3) is 0.227. The van der Waals surface area contributed by atoms with Crippen LogP contribution in [0.25, 0.3) is 21.9 Å². The average molecular weight is 441 g/mol. The van der Waals surface area contributed by atoms with E-state index in [1.807, 2.05) is 36.7 Å². The van der Waals surface area contributed by atoms with Crippen LogP contribution in [0.4, 0.5) is 10.1 Å². The molecular formula is C22H21FN4O3S. The predicted octanol–water partition coefficient (Wildman–Crippen LogP) is 3.79. The standard InChI is InChI=1S/C22H21FN4O3S/c1-4-27-21(29)20-19(16-11-15(30-3)9-10-17(16)26(20)2)25-22(27)31-12-18(28)24-14-7-5-13(23)6-8-14/h5-11H,4,12H2,1-3H3,(H,24,28). The average Bonchev–Trinajstić information content (AvgIpc) is 3.05. The number of methoxy groups -OCH3 is 1. The van der Waals surface area contributed by atoms with Crippen molar-refractivity contribution in [1.29, 1.82) is 0 Å². The third-order valence-corrected chi connectivity index (χ3v) is 6.02. The first-order valence-corrected chi connectivity index (χ1v) is 10.7. The third-order valence-electron chi connectivity index (χ3n) is 5.04. The lowest BCUT2D eigenvalue weighted by molar-refractivity contribution is -0.113. The Morgan fingerprint density at radius 2 is 1.97 bits per heavy atom. The van der Waals surface area contributed by atoms with Gasteiger partial charge in [0.15, 0.2) is 5.16 Å². The Balaban J connectivity index is 1.69. The molecule has 4 aromatic rings. The summed E-state index contributed by atoms with van der Waals surface area (Å²) in [6, 6.07) is 11.1. The number of nitrogens with one attached hydrogen (secondary N) is 1. The van der Waals surface area contributed by atoms with Gasteiger partial charge in [-0.15, -0.1) is 0 Å². The second-order valence-electron chi connectivity index (χ2n) is 6.93. The fourth-order valence-electron chi connectivity index (χ4n) is 3.51. The van der Waals surface area contributed by atoms with Crippen LogP contribution in [-0.4, -0.2) is 32.9 Å². The number of nitrogens with zero attached hydrogens (tertiary/aromatic N) is 3. The molecule has 0 aliphatic carbocycles. The minimum Gasteiger partial charge on any atom is -0.497 e. The van der Waals surface area contributed by atoms with Crippen LogP contribution >= 0.6 is 11.8 Å². The zero-order valence-corrected chi connectivity index (χ0v) is 18.1. The largest absolute Gasteiger partial charge is 0.497 e.